The van der Waals surface area contributed by atoms with Crippen LogP contribution in [-0.2, 0) is 5.41 Å². The number of benzene rings is 10. The fraction of sp³-hybridized carbons (Fsp3) is 0.0606. The van der Waals surface area contributed by atoms with Crippen molar-refractivity contribution in [3.8, 4) is 27.9 Å². The highest BCUT2D eigenvalue weighted by atomic mass is 32.1. The Bertz CT molecular complexity index is 4060. The minimum Gasteiger partial charge on any atom is -0.374 e. The molecule has 1 aliphatic heterocycles. The van der Waals surface area contributed by atoms with E-state index in [0.717, 1.165) is 39.5 Å². The highest BCUT2D eigenvalue weighted by Crippen LogP contribution is 2.52. The third-order valence-corrected chi connectivity index (χ3v) is 16.3. The van der Waals surface area contributed by atoms with Gasteiger partial charge in [0.2, 0.25) is 0 Å². The Labute approximate surface area is 411 Å². The van der Waals surface area contributed by atoms with Gasteiger partial charge in [0.1, 0.15) is 0 Å². The monoisotopic (exact) mass is 913 g/mol. The van der Waals surface area contributed by atoms with Crippen LogP contribution in [0.2, 0.25) is 0 Å². The average Bonchev–Trinajstić information content (AvgIpc) is 4.04. The van der Waals surface area contributed by atoms with E-state index in [4.69, 9.17) is 0 Å². The van der Waals surface area contributed by atoms with Gasteiger partial charge in [0.15, 0.2) is 0 Å². The molecule has 70 heavy (non-hydrogen) atoms. The van der Waals surface area contributed by atoms with Crippen LogP contribution < -0.4 is 10.2 Å². The Kier molecular flexibility index (Phi) is 9.17. The molecule has 10 aromatic carbocycles. The zero-order valence-electron chi connectivity index (χ0n) is 38.9. The molecule has 1 unspecified atom stereocenters. The second kappa shape index (κ2) is 15.8. The quantitative estimate of drug-likeness (QED) is 0.172. The van der Waals surface area contributed by atoms with Crippen LogP contribution in [0.25, 0.3) is 81.6 Å². The molecule has 0 fully saturated rings. The van der Waals surface area contributed by atoms with E-state index in [0.29, 0.717) is 0 Å². The topological polar surface area (TPSA) is 20.2 Å². The van der Waals surface area contributed by atoms with Crippen LogP contribution >= 0.6 is 11.3 Å². The summed E-state index contributed by atoms with van der Waals surface area (Å²) < 4.78 is 5.11. The Balaban J connectivity index is 0.983. The molecule has 3 nitrogen and oxygen atoms in total. The minimum atomic E-state index is -0.160. The highest BCUT2D eigenvalue weighted by molar-refractivity contribution is 7.26. The van der Waals surface area contributed by atoms with E-state index in [1.54, 1.807) is 0 Å². The van der Waals surface area contributed by atoms with Gasteiger partial charge in [-0.1, -0.05) is 178 Å². The Hall–Kier alpha value is -8.44. The number of thiophene rings is 1. The normalized spacial score (nSPS) is 14.6. The molecule has 14 rings (SSSR count). The lowest BCUT2D eigenvalue weighted by Gasteiger charge is -2.29. The maximum atomic E-state index is 3.97. The van der Waals surface area contributed by atoms with Crippen molar-refractivity contribution in [2.75, 3.05) is 10.2 Å². The number of rotatable bonds is 7. The third kappa shape index (κ3) is 6.26. The van der Waals surface area contributed by atoms with Crippen molar-refractivity contribution in [3.05, 3.63) is 258 Å². The second-order valence-electron chi connectivity index (χ2n) is 19.3. The van der Waals surface area contributed by atoms with Crippen molar-refractivity contribution >= 4 is 87.7 Å². The predicted molar refractivity (Wildman–Crippen MR) is 298 cm³/mol. The summed E-state index contributed by atoms with van der Waals surface area (Å²) >= 11 is 1.88. The van der Waals surface area contributed by atoms with Crippen LogP contribution in [0, 0.1) is 0 Å². The molecule has 332 valence electrons. The van der Waals surface area contributed by atoms with E-state index in [9.17, 15) is 0 Å². The number of para-hydroxylation sites is 2. The summed E-state index contributed by atoms with van der Waals surface area (Å²) in [5.74, 6) is 0. The van der Waals surface area contributed by atoms with Crippen molar-refractivity contribution < 1.29 is 0 Å². The van der Waals surface area contributed by atoms with Crippen molar-refractivity contribution in [2.24, 2.45) is 0 Å². The zero-order valence-corrected chi connectivity index (χ0v) is 39.7. The van der Waals surface area contributed by atoms with E-state index < -0.39 is 0 Å². The van der Waals surface area contributed by atoms with Gasteiger partial charge in [-0.25, -0.2) is 0 Å². The van der Waals surface area contributed by atoms with Crippen molar-refractivity contribution in [1.82, 2.24) is 4.57 Å². The predicted octanol–water partition coefficient (Wildman–Crippen LogP) is 18.3. The van der Waals surface area contributed by atoms with Crippen LogP contribution in [0.5, 0.6) is 0 Å². The van der Waals surface area contributed by atoms with Crippen molar-refractivity contribution in [2.45, 2.75) is 25.3 Å². The molecule has 0 saturated carbocycles. The lowest BCUT2D eigenvalue weighted by Crippen LogP contribution is -2.17. The summed E-state index contributed by atoms with van der Waals surface area (Å²) in [4.78, 5) is 2.50. The maximum absolute atomic E-state index is 3.97. The number of hydrogen-bond donors (Lipinski definition) is 1. The van der Waals surface area contributed by atoms with Gasteiger partial charge in [-0.15, -0.1) is 11.3 Å². The second-order valence-corrected chi connectivity index (χ2v) is 20.4. The molecular formula is C66H47N3S. The molecule has 4 heteroatoms. The Morgan fingerprint density at radius 2 is 1.20 bits per heavy atom. The summed E-state index contributed by atoms with van der Waals surface area (Å²) in [6.45, 7) is 4.75. The molecule has 0 spiro atoms. The molecule has 0 saturated heterocycles. The van der Waals surface area contributed by atoms with Gasteiger partial charge in [0, 0.05) is 59.1 Å². The van der Waals surface area contributed by atoms with Gasteiger partial charge in [0.05, 0.1) is 22.8 Å². The van der Waals surface area contributed by atoms with Gasteiger partial charge in [-0.3, -0.25) is 0 Å². The van der Waals surface area contributed by atoms with Gasteiger partial charge in [-0.05, 0) is 128 Å². The summed E-state index contributed by atoms with van der Waals surface area (Å²) in [6, 6.07) is 85.1. The number of anilines is 4. The molecule has 1 N–H and O–H groups in total. The van der Waals surface area contributed by atoms with Gasteiger partial charge in [-0.2, -0.15) is 0 Å². The molecule has 1 atom stereocenters. The van der Waals surface area contributed by atoms with E-state index in [1.807, 2.05) is 11.3 Å². The van der Waals surface area contributed by atoms with Gasteiger partial charge >= 0.3 is 0 Å². The van der Waals surface area contributed by atoms with Crippen LogP contribution in [0.3, 0.4) is 0 Å². The minimum absolute atomic E-state index is 0.0595. The van der Waals surface area contributed by atoms with Crippen molar-refractivity contribution in [3.63, 3.8) is 0 Å². The van der Waals surface area contributed by atoms with E-state index in [1.165, 1.54) is 86.6 Å². The lowest BCUT2D eigenvalue weighted by atomic mass is 9.82. The van der Waals surface area contributed by atoms with Crippen LogP contribution in [0.4, 0.5) is 22.7 Å². The number of fused-ring (bicyclic) bond motifs is 10. The fourth-order valence-electron chi connectivity index (χ4n) is 11.7. The first-order valence-electron chi connectivity index (χ1n) is 24.3. The van der Waals surface area contributed by atoms with Gasteiger partial charge < -0.3 is 14.8 Å². The average molecular weight is 914 g/mol. The van der Waals surface area contributed by atoms with E-state index in [-0.39, 0.29) is 11.5 Å². The molecule has 0 amide bonds. The molecule has 12 aromatic rings. The third-order valence-electron chi connectivity index (χ3n) is 15.0. The fourth-order valence-corrected chi connectivity index (χ4v) is 12.9. The summed E-state index contributed by atoms with van der Waals surface area (Å²) in [7, 11) is 0. The van der Waals surface area contributed by atoms with E-state index in [2.05, 4.69) is 265 Å². The molecule has 3 heterocycles. The molecule has 2 aliphatic rings. The molecule has 0 radical (unpaired) electrons. The molecule has 1 aliphatic carbocycles. The van der Waals surface area contributed by atoms with E-state index >= 15 is 0 Å². The standard InChI is InChI=1S/C66H47N3S/c1-66(2)56-26-12-10-22-50(56)51-38-36-48(41-57(51)66)68(47-34-31-43(32-35-47)49-24-15-25-53-52-23-11-14-30-62(52)70-65(49)53)59-28-16-29-60-63(59)54-37-33-45(40-61(54)69(60)46-20-7-4-8-21-46)64-55(42-17-5-3-6-18-42)39-44-19-9-13-27-58(44)67-64/h3-41,64,67H,1-2H3. The number of nitrogens with zero attached hydrogens (tertiary/aromatic N) is 2. The maximum Gasteiger partial charge on any atom is 0.0774 e. The number of nitrogens with one attached hydrogen (secondary N) is 1. The number of hydrogen-bond acceptors (Lipinski definition) is 3. The highest BCUT2D eigenvalue weighted by Gasteiger charge is 2.36. The Morgan fingerprint density at radius 1 is 0.500 bits per heavy atom. The first-order chi connectivity index (χ1) is 34.5. The first kappa shape index (κ1) is 40.6. The number of aromatic nitrogens is 1. The molecule has 2 aromatic heterocycles. The zero-order chi connectivity index (χ0) is 46.5. The largest absolute Gasteiger partial charge is 0.374 e. The first-order valence-corrected chi connectivity index (χ1v) is 25.1. The molecular weight excluding hydrogens is 867 g/mol. The lowest BCUT2D eigenvalue weighted by molar-refractivity contribution is 0.660. The summed E-state index contributed by atoms with van der Waals surface area (Å²) in [6.07, 6.45) is 2.36. The Morgan fingerprint density at radius 3 is 2.07 bits per heavy atom. The smallest absolute Gasteiger partial charge is 0.0774 e. The van der Waals surface area contributed by atoms with Crippen LogP contribution in [0.15, 0.2) is 231 Å². The van der Waals surface area contributed by atoms with Crippen molar-refractivity contribution in [1.29, 1.82) is 0 Å². The van der Waals surface area contributed by atoms with Crippen LogP contribution in [0.1, 0.15) is 47.7 Å². The molecule has 0 bridgehead atoms. The van der Waals surface area contributed by atoms with Crippen LogP contribution in [-0.4, -0.2) is 4.57 Å². The summed E-state index contributed by atoms with van der Waals surface area (Å²) in [5.41, 5.74) is 20.5. The SMILES string of the molecule is CC1(C)c2ccccc2-c2ccc(N(c3ccc(-c4cccc5c4sc4ccccc45)cc3)c3cccc4c3c3ccc(C5Nc6ccccc6C=C5c5ccccc5)cc3n4-c3ccccc3)cc21. The van der Waals surface area contributed by atoms with Gasteiger partial charge in [0.25, 0.3) is 0 Å². The summed E-state index contributed by atoms with van der Waals surface area (Å²) in [5, 5.41) is 9.01.